The van der Waals surface area contributed by atoms with Crippen LogP contribution in [0.4, 0.5) is 0 Å². The minimum atomic E-state index is -4.18. The van der Waals surface area contributed by atoms with Crippen molar-refractivity contribution < 1.29 is 75.3 Å². The third-order valence-electron chi connectivity index (χ3n) is 0.823. The molecule has 0 aromatic heterocycles. The van der Waals surface area contributed by atoms with Crippen LogP contribution < -0.4 is 51.4 Å². The molecule has 0 aliphatic carbocycles. The third-order valence-corrected chi connectivity index (χ3v) is 1.24. The van der Waals surface area contributed by atoms with E-state index in [2.05, 4.69) is 4.74 Å². The van der Waals surface area contributed by atoms with Crippen LogP contribution in [0.15, 0.2) is 0 Å². The van der Waals surface area contributed by atoms with Gasteiger partial charge >= 0.3 is 67.5 Å². The molecular formula is C5H11KO5S. The van der Waals surface area contributed by atoms with E-state index in [0.717, 1.165) is 0 Å². The van der Waals surface area contributed by atoms with Crippen molar-refractivity contribution in [1.82, 2.24) is 0 Å². The van der Waals surface area contributed by atoms with Crippen LogP contribution in [-0.2, 0) is 19.6 Å². The van der Waals surface area contributed by atoms with Crippen molar-refractivity contribution in [2.45, 2.75) is 19.8 Å². The van der Waals surface area contributed by atoms with Crippen LogP contribution in [0.25, 0.3) is 0 Å². The van der Waals surface area contributed by atoms with E-state index in [1.807, 2.05) is 0 Å². The van der Waals surface area contributed by atoms with Gasteiger partial charge in [0.2, 0.25) is 5.94 Å². The van der Waals surface area contributed by atoms with Gasteiger partial charge in [-0.25, -0.2) is 0 Å². The van der Waals surface area contributed by atoms with Crippen LogP contribution in [0, 0.1) is 0 Å². The summed E-state index contributed by atoms with van der Waals surface area (Å²) in [6.07, 6.45) is 0.750. The Kier molecular flexibility index (Phi) is 9.58. The first kappa shape index (κ1) is 15.5. The van der Waals surface area contributed by atoms with Gasteiger partial charge in [-0.05, 0) is 6.42 Å². The molecule has 0 amide bonds. The first-order chi connectivity index (χ1) is 4.95. The number of hydrogen-bond acceptors (Lipinski definition) is 4. The summed E-state index contributed by atoms with van der Waals surface area (Å²) in [6.45, 7) is 1.76. The minimum absolute atomic E-state index is 0. The Balaban J connectivity index is -0.000000500. The zero-order valence-corrected chi connectivity index (χ0v) is 11.0. The van der Waals surface area contributed by atoms with Gasteiger partial charge in [0.1, 0.15) is 0 Å². The Labute approximate surface area is 116 Å². The van der Waals surface area contributed by atoms with Gasteiger partial charge < -0.3 is 6.16 Å². The van der Waals surface area contributed by atoms with Crippen LogP contribution in [0.3, 0.4) is 0 Å². The predicted molar refractivity (Wildman–Crippen MR) is 38.5 cm³/mol. The Bertz CT molecular complexity index is 227. The Morgan fingerprint density at radius 1 is 1.58 bits per heavy atom. The molecule has 0 rings (SSSR count). The third kappa shape index (κ3) is 11.0. The van der Waals surface area contributed by atoms with E-state index in [1.165, 1.54) is 0 Å². The summed E-state index contributed by atoms with van der Waals surface area (Å²) in [5.41, 5.74) is 0. The smallest absolute Gasteiger partial charge is 1.00 e. The predicted octanol–water partition coefficient (Wildman–Crippen LogP) is -2.71. The zero-order chi connectivity index (χ0) is 8.91. The number of rotatable bonds is 4. The first-order valence-electron chi connectivity index (χ1n) is 3.06. The monoisotopic (exact) mass is 222 g/mol. The van der Waals surface area contributed by atoms with E-state index in [-0.39, 0.29) is 59.2 Å². The Morgan fingerprint density at radius 2 is 2.08 bits per heavy atom. The van der Waals surface area contributed by atoms with E-state index < -0.39 is 22.0 Å². The molecule has 7 heteroatoms. The number of hydrogen-bond donors (Lipinski definition) is 1. The van der Waals surface area contributed by atoms with E-state index in [9.17, 15) is 13.2 Å². The number of carbonyl (C=O) groups is 1. The summed E-state index contributed by atoms with van der Waals surface area (Å²) in [4.78, 5) is 10.5. The van der Waals surface area contributed by atoms with Crippen LogP contribution in [-0.4, -0.2) is 24.9 Å². The second kappa shape index (κ2) is 7.42. The van der Waals surface area contributed by atoms with Gasteiger partial charge in [-0.15, -0.1) is 0 Å². The van der Waals surface area contributed by atoms with Crippen LogP contribution >= 0.6 is 0 Å². The summed E-state index contributed by atoms with van der Waals surface area (Å²) < 4.78 is 32.3. The van der Waals surface area contributed by atoms with Crippen LogP contribution in [0.1, 0.15) is 21.2 Å². The molecule has 0 bridgehead atoms. The molecule has 0 aliphatic rings. The van der Waals surface area contributed by atoms with Crippen molar-refractivity contribution in [1.29, 1.82) is 0 Å². The summed E-state index contributed by atoms with van der Waals surface area (Å²) in [5, 5.41) is 0. The van der Waals surface area contributed by atoms with E-state index >= 15 is 0 Å². The average Bonchev–Trinajstić information content (AvgIpc) is 1.83. The van der Waals surface area contributed by atoms with Crippen molar-refractivity contribution in [3.8, 4) is 0 Å². The maximum atomic E-state index is 10.5. The average molecular weight is 222 g/mol. The molecule has 0 aliphatic heterocycles. The van der Waals surface area contributed by atoms with Crippen molar-refractivity contribution in [3.63, 3.8) is 0 Å². The zero-order valence-electron chi connectivity index (χ0n) is 8.11. The van der Waals surface area contributed by atoms with Crippen LogP contribution in [0.2, 0.25) is 0 Å². The molecule has 5 nitrogen and oxygen atoms in total. The van der Waals surface area contributed by atoms with E-state index in [1.54, 1.807) is 6.92 Å². The molecule has 1 N–H and O–H groups in total. The molecule has 0 atom stereocenters. The summed E-state index contributed by atoms with van der Waals surface area (Å²) in [5.74, 6) is -1.57. The molecule has 0 aromatic rings. The molecule has 0 unspecified atom stereocenters. The summed E-state index contributed by atoms with van der Waals surface area (Å²) in [7, 11) is -4.18. The molecule has 68 valence electrons. The molecule has 0 radical (unpaired) electrons. The SMILES string of the molecule is CCCC(=O)OCS(=O)(=O)O.[H-].[K+]. The van der Waals surface area contributed by atoms with Crippen molar-refractivity contribution >= 4 is 16.1 Å². The van der Waals surface area contributed by atoms with E-state index in [4.69, 9.17) is 4.55 Å². The quantitative estimate of drug-likeness (QED) is 0.318. The molecule has 0 saturated carbocycles. The van der Waals surface area contributed by atoms with Gasteiger partial charge in [-0.3, -0.25) is 9.35 Å². The van der Waals surface area contributed by atoms with Gasteiger partial charge in [0.15, 0.2) is 0 Å². The molecule has 0 aromatic carbocycles. The maximum absolute atomic E-state index is 10.5. The summed E-state index contributed by atoms with van der Waals surface area (Å²) >= 11 is 0. The van der Waals surface area contributed by atoms with Crippen molar-refractivity contribution in [2.24, 2.45) is 0 Å². The van der Waals surface area contributed by atoms with Gasteiger partial charge in [0, 0.05) is 6.42 Å². The Morgan fingerprint density at radius 3 is 2.42 bits per heavy atom. The minimum Gasteiger partial charge on any atom is -1.00 e. The summed E-state index contributed by atoms with van der Waals surface area (Å²) in [6, 6.07) is 0. The molecule has 0 fully saturated rings. The molecule has 12 heavy (non-hydrogen) atoms. The molecule has 0 spiro atoms. The topological polar surface area (TPSA) is 80.7 Å². The Hall–Kier alpha value is 1.02. The molecule has 0 saturated heterocycles. The number of carbonyl (C=O) groups excluding carboxylic acids is 1. The fraction of sp³-hybridized carbons (Fsp3) is 0.800. The standard InChI is InChI=1S/C5H10O5S.K.H/c1-2-3-5(6)10-4-11(7,8)9;;/h2-4H2,1H3,(H,7,8,9);;/q;+1;-1. The molecular weight excluding hydrogens is 211 g/mol. The maximum Gasteiger partial charge on any atom is 1.00 e. The first-order valence-corrected chi connectivity index (χ1v) is 4.67. The normalized spacial score (nSPS) is 10.2. The molecule has 0 heterocycles. The number of esters is 1. The second-order valence-electron chi connectivity index (χ2n) is 1.97. The van der Waals surface area contributed by atoms with Crippen molar-refractivity contribution in [2.75, 3.05) is 5.94 Å². The largest absolute Gasteiger partial charge is 1.00 e. The second-order valence-corrected chi connectivity index (χ2v) is 3.37. The van der Waals surface area contributed by atoms with Gasteiger partial charge in [0.25, 0.3) is 0 Å². The fourth-order valence-electron chi connectivity index (χ4n) is 0.416. The van der Waals surface area contributed by atoms with Gasteiger partial charge in [0.05, 0.1) is 0 Å². The van der Waals surface area contributed by atoms with E-state index in [0.29, 0.717) is 6.42 Å². The fourth-order valence-corrected chi connectivity index (χ4v) is 0.697. The van der Waals surface area contributed by atoms with Crippen LogP contribution in [0.5, 0.6) is 0 Å². The number of ether oxygens (including phenoxy) is 1. The van der Waals surface area contributed by atoms with Crippen molar-refractivity contribution in [3.05, 3.63) is 0 Å². The van der Waals surface area contributed by atoms with Gasteiger partial charge in [-0.1, -0.05) is 6.92 Å². The van der Waals surface area contributed by atoms with Gasteiger partial charge in [-0.2, -0.15) is 8.42 Å².